The molecular formula is C11H15ClN2O. The van der Waals surface area contributed by atoms with Crippen LogP contribution in [0, 0.1) is 0 Å². The van der Waals surface area contributed by atoms with Crippen molar-refractivity contribution in [1.82, 2.24) is 5.32 Å². The van der Waals surface area contributed by atoms with Crippen molar-refractivity contribution >= 4 is 17.3 Å². The Kier molecular flexibility index (Phi) is 2.87. The van der Waals surface area contributed by atoms with Gasteiger partial charge in [0.2, 0.25) is 0 Å². The quantitative estimate of drug-likeness (QED) is 0.636. The number of hydrogen-bond donors (Lipinski definition) is 3. The van der Waals surface area contributed by atoms with Crippen molar-refractivity contribution < 1.29 is 5.11 Å². The minimum Gasteiger partial charge on any atom is -0.398 e. The summed E-state index contributed by atoms with van der Waals surface area (Å²) in [5.41, 5.74) is 6.42. The molecule has 0 saturated carbocycles. The van der Waals surface area contributed by atoms with Crippen LogP contribution in [0.3, 0.4) is 0 Å². The Bertz CT molecular complexity index is 362. The van der Waals surface area contributed by atoms with E-state index in [9.17, 15) is 5.11 Å². The van der Waals surface area contributed by atoms with Crippen LogP contribution in [-0.2, 0) is 5.60 Å². The van der Waals surface area contributed by atoms with Crippen LogP contribution in [0.4, 0.5) is 5.69 Å². The van der Waals surface area contributed by atoms with E-state index in [1.807, 2.05) is 0 Å². The number of piperidine rings is 1. The third kappa shape index (κ3) is 2.09. The van der Waals surface area contributed by atoms with Gasteiger partial charge in [0.25, 0.3) is 0 Å². The second kappa shape index (κ2) is 4.00. The maximum atomic E-state index is 10.5. The van der Waals surface area contributed by atoms with Crippen LogP contribution < -0.4 is 11.1 Å². The van der Waals surface area contributed by atoms with E-state index in [0.717, 1.165) is 18.7 Å². The average molecular weight is 227 g/mol. The summed E-state index contributed by atoms with van der Waals surface area (Å²) in [4.78, 5) is 0. The Morgan fingerprint density at radius 1 is 1.33 bits per heavy atom. The van der Waals surface area contributed by atoms with E-state index in [1.54, 1.807) is 18.2 Å². The predicted molar refractivity (Wildman–Crippen MR) is 61.9 cm³/mol. The van der Waals surface area contributed by atoms with Gasteiger partial charge in [-0.1, -0.05) is 11.6 Å². The number of nitrogen functional groups attached to an aromatic ring is 1. The SMILES string of the molecule is Nc1ccc(Cl)cc1C1(O)CCNCC1. The summed E-state index contributed by atoms with van der Waals surface area (Å²) in [5.74, 6) is 0. The lowest BCUT2D eigenvalue weighted by Crippen LogP contribution is -2.40. The number of nitrogens with one attached hydrogen (secondary N) is 1. The van der Waals surface area contributed by atoms with Gasteiger partial charge in [-0.3, -0.25) is 0 Å². The van der Waals surface area contributed by atoms with Gasteiger partial charge in [0, 0.05) is 16.3 Å². The molecule has 0 atom stereocenters. The zero-order chi connectivity index (χ0) is 10.9. The molecule has 1 heterocycles. The van der Waals surface area contributed by atoms with Gasteiger partial charge in [-0.2, -0.15) is 0 Å². The number of rotatable bonds is 1. The van der Waals surface area contributed by atoms with Crippen molar-refractivity contribution in [3.8, 4) is 0 Å². The molecule has 15 heavy (non-hydrogen) atoms. The van der Waals surface area contributed by atoms with Crippen molar-refractivity contribution in [2.24, 2.45) is 0 Å². The number of halogens is 1. The van der Waals surface area contributed by atoms with E-state index in [1.165, 1.54) is 0 Å². The molecule has 1 aromatic rings. The van der Waals surface area contributed by atoms with Crippen molar-refractivity contribution in [3.63, 3.8) is 0 Å². The predicted octanol–water partition coefficient (Wildman–Crippen LogP) is 1.49. The van der Waals surface area contributed by atoms with Gasteiger partial charge in [-0.05, 0) is 44.1 Å². The molecule has 0 unspecified atom stereocenters. The lowest BCUT2D eigenvalue weighted by atomic mass is 9.84. The van der Waals surface area contributed by atoms with Gasteiger partial charge in [0.1, 0.15) is 0 Å². The molecule has 4 N–H and O–H groups in total. The summed E-state index contributed by atoms with van der Waals surface area (Å²) in [6.07, 6.45) is 1.36. The van der Waals surface area contributed by atoms with Gasteiger partial charge >= 0.3 is 0 Å². The Morgan fingerprint density at radius 2 is 2.00 bits per heavy atom. The third-order valence-electron chi connectivity index (χ3n) is 2.95. The van der Waals surface area contributed by atoms with E-state index >= 15 is 0 Å². The van der Waals surface area contributed by atoms with Gasteiger partial charge in [-0.15, -0.1) is 0 Å². The first kappa shape index (κ1) is 10.7. The number of aliphatic hydroxyl groups is 1. The fraction of sp³-hybridized carbons (Fsp3) is 0.455. The van der Waals surface area contributed by atoms with E-state index in [4.69, 9.17) is 17.3 Å². The first-order valence-corrected chi connectivity index (χ1v) is 5.48. The molecule has 0 amide bonds. The molecule has 82 valence electrons. The first-order valence-electron chi connectivity index (χ1n) is 5.10. The molecule has 3 nitrogen and oxygen atoms in total. The largest absolute Gasteiger partial charge is 0.398 e. The molecule has 0 radical (unpaired) electrons. The molecule has 0 aliphatic carbocycles. The van der Waals surface area contributed by atoms with Crippen LogP contribution in [0.25, 0.3) is 0 Å². The Morgan fingerprint density at radius 3 is 2.67 bits per heavy atom. The second-order valence-corrected chi connectivity index (χ2v) is 4.45. The lowest BCUT2D eigenvalue weighted by Gasteiger charge is -2.34. The molecule has 1 aromatic carbocycles. The summed E-state index contributed by atoms with van der Waals surface area (Å²) >= 11 is 5.92. The highest BCUT2D eigenvalue weighted by Crippen LogP contribution is 2.35. The number of hydrogen-bond acceptors (Lipinski definition) is 3. The fourth-order valence-electron chi connectivity index (χ4n) is 2.04. The second-order valence-electron chi connectivity index (χ2n) is 4.01. The average Bonchev–Trinajstić information content (AvgIpc) is 2.23. The Hall–Kier alpha value is -0.770. The van der Waals surface area contributed by atoms with E-state index < -0.39 is 5.60 Å². The van der Waals surface area contributed by atoms with Crippen LogP contribution in [0.2, 0.25) is 5.02 Å². The summed E-state index contributed by atoms with van der Waals surface area (Å²) in [5, 5.41) is 14.3. The molecular weight excluding hydrogens is 212 g/mol. The summed E-state index contributed by atoms with van der Waals surface area (Å²) in [6, 6.07) is 5.25. The Balaban J connectivity index is 2.38. The highest BCUT2D eigenvalue weighted by molar-refractivity contribution is 6.30. The fourth-order valence-corrected chi connectivity index (χ4v) is 2.21. The molecule has 4 heteroatoms. The standard InChI is InChI=1S/C11H15ClN2O/c12-8-1-2-10(13)9(7-8)11(15)3-5-14-6-4-11/h1-2,7,14-15H,3-6,13H2. The third-order valence-corrected chi connectivity index (χ3v) is 3.18. The molecule has 0 spiro atoms. The maximum Gasteiger partial charge on any atom is 0.0941 e. The van der Waals surface area contributed by atoms with Crippen LogP contribution >= 0.6 is 11.6 Å². The minimum absolute atomic E-state index is 0.615. The van der Waals surface area contributed by atoms with Crippen molar-refractivity contribution in [3.05, 3.63) is 28.8 Å². The summed E-state index contributed by atoms with van der Waals surface area (Å²) in [7, 11) is 0. The highest BCUT2D eigenvalue weighted by atomic mass is 35.5. The molecule has 1 aliphatic heterocycles. The van der Waals surface area contributed by atoms with E-state index in [2.05, 4.69) is 5.32 Å². The zero-order valence-electron chi connectivity index (χ0n) is 8.46. The van der Waals surface area contributed by atoms with Crippen LogP contribution in [0.15, 0.2) is 18.2 Å². The number of nitrogens with two attached hydrogens (primary N) is 1. The smallest absolute Gasteiger partial charge is 0.0941 e. The monoisotopic (exact) mass is 226 g/mol. The zero-order valence-corrected chi connectivity index (χ0v) is 9.22. The molecule has 2 rings (SSSR count). The van der Waals surface area contributed by atoms with E-state index in [0.29, 0.717) is 23.6 Å². The highest BCUT2D eigenvalue weighted by Gasteiger charge is 2.32. The summed E-state index contributed by atoms with van der Waals surface area (Å²) in [6.45, 7) is 1.62. The molecule has 0 bridgehead atoms. The Labute approximate surface area is 94.2 Å². The van der Waals surface area contributed by atoms with Crippen molar-refractivity contribution in [2.45, 2.75) is 18.4 Å². The van der Waals surface area contributed by atoms with Crippen LogP contribution in [0.5, 0.6) is 0 Å². The first-order chi connectivity index (χ1) is 7.12. The van der Waals surface area contributed by atoms with Crippen LogP contribution in [0.1, 0.15) is 18.4 Å². The van der Waals surface area contributed by atoms with Crippen molar-refractivity contribution in [1.29, 1.82) is 0 Å². The van der Waals surface area contributed by atoms with Crippen LogP contribution in [-0.4, -0.2) is 18.2 Å². The molecule has 0 aromatic heterocycles. The van der Waals surface area contributed by atoms with Gasteiger partial charge in [-0.25, -0.2) is 0 Å². The molecule has 1 fully saturated rings. The number of benzene rings is 1. The topological polar surface area (TPSA) is 58.3 Å². The molecule has 1 saturated heterocycles. The normalized spacial score (nSPS) is 20.1. The minimum atomic E-state index is -0.819. The maximum absolute atomic E-state index is 10.5. The molecule has 1 aliphatic rings. The van der Waals surface area contributed by atoms with E-state index in [-0.39, 0.29) is 0 Å². The van der Waals surface area contributed by atoms with Crippen molar-refractivity contribution in [2.75, 3.05) is 18.8 Å². The van der Waals surface area contributed by atoms with Gasteiger partial charge < -0.3 is 16.2 Å². The van der Waals surface area contributed by atoms with Gasteiger partial charge in [0.05, 0.1) is 5.60 Å². The van der Waals surface area contributed by atoms with Gasteiger partial charge in [0.15, 0.2) is 0 Å². The lowest BCUT2D eigenvalue weighted by molar-refractivity contribution is 0.00666. The number of anilines is 1. The summed E-state index contributed by atoms with van der Waals surface area (Å²) < 4.78 is 0.